The molecule has 0 unspecified atom stereocenters. The first kappa shape index (κ1) is 15.2. The van der Waals surface area contributed by atoms with Crippen LogP contribution in [0, 0.1) is 0 Å². The molecule has 0 amide bonds. The molecule has 0 saturated carbocycles. The van der Waals surface area contributed by atoms with E-state index in [2.05, 4.69) is 32.9 Å². The van der Waals surface area contributed by atoms with E-state index in [9.17, 15) is 15.3 Å². The van der Waals surface area contributed by atoms with Gasteiger partial charge in [-0.25, -0.2) is 0 Å². The molecule has 0 aliphatic carbocycles. The second-order valence-electron chi connectivity index (χ2n) is 5.16. The molecule has 2 aromatic carbocycles. The molecule has 0 radical (unpaired) electrons. The molecule has 3 heteroatoms. The predicted octanol–water partition coefficient (Wildman–Crippen LogP) is 4.16. The number of rotatable bonds is 4. The van der Waals surface area contributed by atoms with E-state index in [-0.39, 0.29) is 11.5 Å². The molecule has 0 spiro atoms. The third kappa shape index (κ3) is 2.68. The third-order valence-corrected chi connectivity index (χ3v) is 3.97. The van der Waals surface area contributed by atoms with Gasteiger partial charge in [0.15, 0.2) is 17.2 Å². The van der Waals surface area contributed by atoms with Gasteiger partial charge < -0.3 is 15.3 Å². The number of aryl methyl sites for hydroxylation is 2. The SMILES string of the molecule is CCc1ccc(CC)c(-c2cc(O)c(O)c(O)c2)c1CC. The maximum atomic E-state index is 9.79. The van der Waals surface area contributed by atoms with Gasteiger partial charge in [-0.15, -0.1) is 0 Å². The second-order valence-corrected chi connectivity index (χ2v) is 5.16. The van der Waals surface area contributed by atoms with Crippen molar-refractivity contribution in [2.45, 2.75) is 40.0 Å². The van der Waals surface area contributed by atoms with Gasteiger partial charge in [-0.2, -0.15) is 0 Å². The Labute approximate surface area is 125 Å². The second kappa shape index (κ2) is 6.08. The van der Waals surface area contributed by atoms with E-state index in [4.69, 9.17) is 0 Å². The number of benzene rings is 2. The molecule has 0 aromatic heterocycles. The normalized spacial score (nSPS) is 10.8. The summed E-state index contributed by atoms with van der Waals surface area (Å²) < 4.78 is 0. The van der Waals surface area contributed by atoms with Crippen molar-refractivity contribution in [1.29, 1.82) is 0 Å². The van der Waals surface area contributed by atoms with E-state index in [0.717, 1.165) is 30.4 Å². The molecule has 0 heterocycles. The largest absolute Gasteiger partial charge is 0.504 e. The zero-order valence-electron chi connectivity index (χ0n) is 12.8. The lowest BCUT2D eigenvalue weighted by Gasteiger charge is -2.18. The van der Waals surface area contributed by atoms with E-state index >= 15 is 0 Å². The van der Waals surface area contributed by atoms with Gasteiger partial charge in [0.1, 0.15) is 0 Å². The zero-order chi connectivity index (χ0) is 15.6. The summed E-state index contributed by atoms with van der Waals surface area (Å²) in [6.07, 6.45) is 2.69. The fraction of sp³-hybridized carbons (Fsp3) is 0.333. The lowest BCUT2D eigenvalue weighted by atomic mass is 9.87. The van der Waals surface area contributed by atoms with Crippen molar-refractivity contribution in [3.05, 3.63) is 41.0 Å². The summed E-state index contributed by atoms with van der Waals surface area (Å²) in [5.74, 6) is -1.06. The van der Waals surface area contributed by atoms with E-state index in [1.54, 1.807) is 0 Å². The first-order chi connectivity index (χ1) is 10.0. The molecule has 3 nitrogen and oxygen atoms in total. The Kier molecular flexibility index (Phi) is 4.41. The molecule has 3 N–H and O–H groups in total. The average molecular weight is 286 g/mol. The van der Waals surface area contributed by atoms with Crippen molar-refractivity contribution in [1.82, 2.24) is 0 Å². The Bertz CT molecular complexity index is 637. The molecular weight excluding hydrogens is 264 g/mol. The molecular formula is C18H22O3. The monoisotopic (exact) mass is 286 g/mol. The molecule has 0 aliphatic rings. The summed E-state index contributed by atoms with van der Waals surface area (Å²) in [6.45, 7) is 6.32. The molecule has 112 valence electrons. The van der Waals surface area contributed by atoms with E-state index in [1.807, 2.05) is 0 Å². The fourth-order valence-corrected chi connectivity index (χ4v) is 2.88. The van der Waals surface area contributed by atoms with Crippen molar-refractivity contribution in [3.8, 4) is 28.4 Å². The molecule has 2 rings (SSSR count). The van der Waals surface area contributed by atoms with E-state index in [0.29, 0.717) is 0 Å². The highest BCUT2D eigenvalue weighted by Gasteiger charge is 2.16. The molecule has 2 aromatic rings. The van der Waals surface area contributed by atoms with Crippen molar-refractivity contribution >= 4 is 0 Å². The van der Waals surface area contributed by atoms with Gasteiger partial charge in [0, 0.05) is 0 Å². The minimum Gasteiger partial charge on any atom is -0.504 e. The number of hydrogen-bond acceptors (Lipinski definition) is 3. The van der Waals surface area contributed by atoms with Crippen LogP contribution >= 0.6 is 0 Å². The molecule has 0 fully saturated rings. The summed E-state index contributed by atoms with van der Waals surface area (Å²) in [7, 11) is 0. The zero-order valence-corrected chi connectivity index (χ0v) is 12.8. The predicted molar refractivity (Wildman–Crippen MR) is 85.0 cm³/mol. The van der Waals surface area contributed by atoms with Crippen LogP contribution in [0.4, 0.5) is 0 Å². The van der Waals surface area contributed by atoms with Crippen molar-refractivity contribution < 1.29 is 15.3 Å². The van der Waals surface area contributed by atoms with Gasteiger partial charge in [0.25, 0.3) is 0 Å². The minimum absolute atomic E-state index is 0.295. The van der Waals surface area contributed by atoms with Gasteiger partial charge in [-0.05, 0) is 59.2 Å². The summed E-state index contributed by atoms with van der Waals surface area (Å²) in [4.78, 5) is 0. The van der Waals surface area contributed by atoms with Crippen LogP contribution in [-0.4, -0.2) is 15.3 Å². The van der Waals surface area contributed by atoms with Crippen LogP contribution < -0.4 is 0 Å². The van der Waals surface area contributed by atoms with E-state index < -0.39 is 5.75 Å². The van der Waals surface area contributed by atoms with Crippen LogP contribution in [0.25, 0.3) is 11.1 Å². The Hall–Kier alpha value is -2.16. The van der Waals surface area contributed by atoms with Gasteiger partial charge in [0.2, 0.25) is 0 Å². The van der Waals surface area contributed by atoms with Crippen LogP contribution in [0.1, 0.15) is 37.5 Å². The van der Waals surface area contributed by atoms with Crippen LogP contribution in [-0.2, 0) is 19.3 Å². The molecule has 0 bridgehead atoms. The van der Waals surface area contributed by atoms with Crippen LogP contribution in [0.5, 0.6) is 17.2 Å². The third-order valence-electron chi connectivity index (χ3n) is 3.97. The molecule has 0 saturated heterocycles. The number of phenols is 3. The average Bonchev–Trinajstić information content (AvgIpc) is 2.50. The van der Waals surface area contributed by atoms with Gasteiger partial charge in [-0.1, -0.05) is 32.9 Å². The standard InChI is InChI=1S/C18H22O3/c1-4-11-7-8-12(5-2)17(14(11)6-3)13-9-15(19)18(21)16(20)10-13/h7-10,19-21H,4-6H2,1-3H3. The first-order valence-corrected chi connectivity index (χ1v) is 7.42. The summed E-state index contributed by atoms with van der Waals surface area (Å²) in [5.41, 5.74) is 5.49. The van der Waals surface area contributed by atoms with Crippen molar-refractivity contribution in [2.75, 3.05) is 0 Å². The van der Waals surface area contributed by atoms with Crippen LogP contribution in [0.15, 0.2) is 24.3 Å². The maximum Gasteiger partial charge on any atom is 0.200 e. The van der Waals surface area contributed by atoms with Crippen LogP contribution in [0.2, 0.25) is 0 Å². The topological polar surface area (TPSA) is 60.7 Å². The smallest absolute Gasteiger partial charge is 0.200 e. The molecule has 0 aliphatic heterocycles. The number of hydrogen-bond donors (Lipinski definition) is 3. The van der Waals surface area contributed by atoms with Crippen molar-refractivity contribution in [2.24, 2.45) is 0 Å². The van der Waals surface area contributed by atoms with E-state index in [1.165, 1.54) is 28.8 Å². The molecule has 0 atom stereocenters. The summed E-state index contributed by atoms with van der Waals surface area (Å²) >= 11 is 0. The minimum atomic E-state index is -0.471. The lowest BCUT2D eigenvalue weighted by molar-refractivity contribution is 0.368. The fourth-order valence-electron chi connectivity index (χ4n) is 2.88. The number of phenolic OH excluding ortho intramolecular Hbond substituents is 3. The Morgan fingerprint density at radius 1 is 0.762 bits per heavy atom. The Morgan fingerprint density at radius 3 is 1.76 bits per heavy atom. The maximum absolute atomic E-state index is 9.79. The number of aromatic hydroxyl groups is 3. The highest BCUT2D eigenvalue weighted by Crippen LogP contribution is 2.41. The van der Waals surface area contributed by atoms with Gasteiger partial charge in [-0.3, -0.25) is 0 Å². The Balaban J connectivity index is 2.77. The molecule has 21 heavy (non-hydrogen) atoms. The lowest BCUT2D eigenvalue weighted by Crippen LogP contribution is -1.99. The van der Waals surface area contributed by atoms with Crippen LogP contribution in [0.3, 0.4) is 0 Å². The highest BCUT2D eigenvalue weighted by molar-refractivity contribution is 5.76. The highest BCUT2D eigenvalue weighted by atomic mass is 16.3. The quantitative estimate of drug-likeness (QED) is 0.740. The summed E-state index contributed by atoms with van der Waals surface area (Å²) in [6, 6.07) is 7.29. The van der Waals surface area contributed by atoms with Crippen molar-refractivity contribution in [3.63, 3.8) is 0 Å². The summed E-state index contributed by atoms with van der Waals surface area (Å²) in [5, 5.41) is 29.1. The van der Waals surface area contributed by atoms with Gasteiger partial charge >= 0.3 is 0 Å². The van der Waals surface area contributed by atoms with Gasteiger partial charge in [0.05, 0.1) is 0 Å². The Morgan fingerprint density at radius 2 is 1.29 bits per heavy atom. The first-order valence-electron chi connectivity index (χ1n) is 7.42.